The maximum atomic E-state index is 12.3. The second-order valence-corrected chi connectivity index (χ2v) is 44.1. The summed E-state index contributed by atoms with van der Waals surface area (Å²) in [6.07, 6.45) is 11.7. The van der Waals surface area contributed by atoms with Crippen LogP contribution in [0.4, 0.5) is 4.39 Å². The summed E-state index contributed by atoms with van der Waals surface area (Å²) < 4.78 is 291. The summed E-state index contributed by atoms with van der Waals surface area (Å²) in [5, 5.41) is 0. The van der Waals surface area contributed by atoms with Crippen LogP contribution in [0, 0.1) is 86.0 Å². The van der Waals surface area contributed by atoms with Crippen LogP contribution in [0.5, 0.6) is 0 Å². The predicted octanol–water partition coefficient (Wildman–Crippen LogP) is 14.6. The maximum Gasteiger partial charge on any atom is 0.359 e. The van der Waals surface area contributed by atoms with Gasteiger partial charge in [0.1, 0.15) is 33.9 Å². The van der Waals surface area contributed by atoms with Gasteiger partial charge in [-0.15, -0.1) is 10.8 Å². The van der Waals surface area contributed by atoms with Gasteiger partial charge in [0.05, 0.1) is 117 Å². The van der Waals surface area contributed by atoms with Gasteiger partial charge >= 0.3 is 5.95 Å². The molecule has 0 radical (unpaired) electrons. The molecule has 9 aromatic carbocycles. The van der Waals surface area contributed by atoms with Gasteiger partial charge in [0.25, 0.3) is 70.8 Å². The first-order valence-electron chi connectivity index (χ1n) is 41.4. The molecule has 0 saturated carbocycles. The van der Waals surface area contributed by atoms with Gasteiger partial charge in [-0.3, -0.25) is 34.3 Å². The molecule has 0 aliphatic rings. The molecule has 32 nitrogen and oxygen atoms in total. The van der Waals surface area contributed by atoms with E-state index in [1.165, 1.54) is 115 Å². The first-order chi connectivity index (χ1) is 64.1. The molecule has 42 heteroatoms. The molecule has 0 unspecified atom stereocenters. The van der Waals surface area contributed by atoms with E-state index in [9.17, 15) is 89.3 Å². The number of rotatable bonds is 36. The summed E-state index contributed by atoms with van der Waals surface area (Å²) in [7, 11) is -31.7. The SMILES string of the molecule is C#CCOS(=O)(=O)c1ccc(C)cc1.CCCCOS(=O)(=O)c1ccc(C)cc1.COCCOS(=O)(=O)c1ccc(C)cc1.C[n+]1ccccc1F.Cc1ccc(S(=O)(=O)OCC(C)(C)COS(=O)(=O)c2ccc(C)cc2)cc1.Cc1ccc(S(=O)(=O)OCCOCCOCCOS(=O)(=O)c2ccc(C)cc2)cc1.Cc1ccc(S(=O)(=O)[O-])cc1.Cc1ccc(S(=O)(=O)[O-])cc1.c1ccncc1. The quantitative estimate of drug-likeness (QED) is 0.00878. The Morgan fingerprint density at radius 1 is 0.321 bits per heavy atom. The van der Waals surface area contributed by atoms with Crippen molar-refractivity contribution in [3.05, 3.63) is 329 Å². The van der Waals surface area contributed by atoms with Crippen molar-refractivity contribution in [2.24, 2.45) is 12.5 Å². The van der Waals surface area contributed by atoms with Crippen molar-refractivity contribution in [3.8, 4) is 12.3 Å². The van der Waals surface area contributed by atoms with Gasteiger partial charge in [0.2, 0.25) is 0 Å². The molecular formula is C95H116FN2O30S9-. The number of terminal acetylenes is 1. The molecule has 2 aromatic heterocycles. The highest BCUT2D eigenvalue weighted by atomic mass is 32.3. The molecule has 0 aliphatic heterocycles. The van der Waals surface area contributed by atoms with Crippen molar-refractivity contribution < 1.29 is 137 Å². The fourth-order valence-electron chi connectivity index (χ4n) is 9.53. The molecular weight excluding hydrogens is 1960 g/mol. The van der Waals surface area contributed by atoms with Gasteiger partial charge in [-0.1, -0.05) is 198 Å². The fourth-order valence-corrected chi connectivity index (χ4v) is 17.1. The fraction of sp³-hybridized carbons (Fsp3) is 0.305. The minimum atomic E-state index is -4.27. The molecule has 0 fully saturated rings. The van der Waals surface area contributed by atoms with Gasteiger partial charge in [-0.25, -0.2) is 16.8 Å². The second kappa shape index (κ2) is 60.0. The number of aryl methyl sites for hydroxylation is 10. The second-order valence-electron chi connectivity index (χ2n) is 30.1. The Morgan fingerprint density at radius 3 is 0.759 bits per heavy atom. The highest BCUT2D eigenvalue weighted by Gasteiger charge is 2.28. The van der Waals surface area contributed by atoms with Crippen LogP contribution in [0.3, 0.4) is 0 Å². The topological polar surface area (TPSA) is 462 Å². The minimum absolute atomic E-state index is 0.0344. The number of unbranched alkanes of at least 4 members (excludes halogenated alkanes) is 1. The van der Waals surface area contributed by atoms with Gasteiger partial charge in [0, 0.05) is 37.1 Å². The lowest BCUT2D eigenvalue weighted by molar-refractivity contribution is -0.700. The Balaban J connectivity index is 0.000000412. The molecule has 11 aromatic rings. The Kier molecular flexibility index (Phi) is 53.0. The Labute approximate surface area is 807 Å². The van der Waals surface area contributed by atoms with Crippen LogP contribution in [0.25, 0.3) is 0 Å². The third-order valence-electron chi connectivity index (χ3n) is 17.4. The number of hydrogen-bond acceptors (Lipinski definition) is 31. The smallest absolute Gasteiger partial charge is 0.359 e. The van der Waals surface area contributed by atoms with Gasteiger partial charge in [0.15, 0.2) is 6.20 Å². The van der Waals surface area contributed by atoms with E-state index in [4.69, 9.17) is 45.7 Å². The lowest BCUT2D eigenvalue weighted by Gasteiger charge is -2.23. The summed E-state index contributed by atoms with van der Waals surface area (Å²) >= 11 is 0. The maximum absolute atomic E-state index is 12.3. The minimum Gasteiger partial charge on any atom is -0.744 e. The molecule has 0 saturated heterocycles. The summed E-state index contributed by atoms with van der Waals surface area (Å²) in [6, 6.07) is 67.0. The van der Waals surface area contributed by atoms with E-state index in [0.29, 0.717) is 0 Å². The number of methoxy groups -OCH3 is 1. The first-order valence-corrected chi connectivity index (χ1v) is 54.1. The molecule has 0 amide bonds. The van der Waals surface area contributed by atoms with Crippen LogP contribution in [0.2, 0.25) is 0 Å². The highest BCUT2D eigenvalue weighted by Crippen LogP contribution is 2.25. The van der Waals surface area contributed by atoms with E-state index in [0.717, 1.165) is 62.9 Å². The zero-order valence-corrected chi connectivity index (χ0v) is 85.5. The Bertz CT molecular complexity index is 6210. The molecule has 0 aliphatic carbocycles. The summed E-state index contributed by atoms with van der Waals surface area (Å²) in [6.45, 7) is 22.3. The van der Waals surface area contributed by atoms with Crippen LogP contribution in [0.15, 0.2) is 317 Å². The number of aromatic nitrogens is 2. The zero-order valence-electron chi connectivity index (χ0n) is 78.2. The van der Waals surface area contributed by atoms with Crippen molar-refractivity contribution >= 4 is 91.1 Å². The standard InChI is InChI=1S/C20H26O8S2.C19H24O6S2.C11H16O3S.C10H14O4S.C10H10O3S.2C7H8O3S.C6H7FN.C5H5N/c1-17-3-7-19(8-4-17)29(21,22)27-15-13-25-11-12-26-14-16-28-30(23,24)20-9-5-18(2)6-10-20;1-15-5-9-17(10-6-15)26(20,21)24-13-19(3,4)14-25-27(22,23)18-11-7-16(2)8-12-18;1-3-4-9-14-15(12,13)11-7-5-10(2)6-8-11;1-9-3-5-10(6-4-9)15(11,12)14-8-7-13-2;1-3-8-13-14(11,12)10-6-4-9(2)5-7-10;2*1-6-2-4-7(5-3-6)11(8,9)10;1-8-5-3-2-4-6(8)7;1-2-4-6-5-3-1/h3-10H,11-16H2,1-2H3;5-12H,13-14H2,1-4H3;5-8H,3-4,9H2,1-2H3;3-6H,7-8H2,1-2H3;1,4-7H,8H2,2H3;2*2-5H,1H3,(H,8,9,10);2-5H,1H3;1-5H/q;;;;;;;+1;/p-2. The summed E-state index contributed by atoms with van der Waals surface area (Å²) in [4.78, 5) is 4.24. The molecule has 748 valence electrons. The molecule has 137 heavy (non-hydrogen) atoms. The molecule has 11 rings (SSSR count). The third kappa shape index (κ3) is 49.8. The van der Waals surface area contributed by atoms with Gasteiger partial charge in [-0.05, 0) is 196 Å². The van der Waals surface area contributed by atoms with E-state index in [-0.39, 0.29) is 129 Å². The average Bonchev–Trinajstić information content (AvgIpc) is 0.787. The first kappa shape index (κ1) is 121. The number of nitrogens with zero attached hydrogens (tertiary/aromatic N) is 2. The monoisotopic (exact) mass is 2070 g/mol. The van der Waals surface area contributed by atoms with Crippen molar-refractivity contribution in [1.82, 2.24) is 4.98 Å². The van der Waals surface area contributed by atoms with Crippen molar-refractivity contribution in [2.45, 2.75) is 140 Å². The Morgan fingerprint density at radius 2 is 0.555 bits per heavy atom. The van der Waals surface area contributed by atoms with E-state index >= 15 is 0 Å². The number of ether oxygens (including phenoxy) is 3. The lowest BCUT2D eigenvalue weighted by Crippen LogP contribution is -2.31. The van der Waals surface area contributed by atoms with E-state index in [1.54, 1.807) is 173 Å². The molecule has 0 N–H and O–H groups in total. The lowest BCUT2D eigenvalue weighted by atomic mass is 9.97. The summed E-state index contributed by atoms with van der Waals surface area (Å²) in [5.74, 6) is 1.89. The van der Waals surface area contributed by atoms with Crippen LogP contribution in [-0.2, 0) is 142 Å². The molecule has 0 bridgehead atoms. The van der Waals surface area contributed by atoms with E-state index in [2.05, 4.69) is 15.1 Å². The molecule has 0 atom stereocenters. The number of hydrogen-bond donors (Lipinski definition) is 0. The van der Waals surface area contributed by atoms with Crippen LogP contribution in [0.1, 0.15) is 83.7 Å². The normalized spacial score (nSPS) is 11.6. The Hall–Kier alpha value is -10.2. The predicted molar refractivity (Wildman–Crippen MR) is 511 cm³/mol. The van der Waals surface area contributed by atoms with Crippen molar-refractivity contribution in [2.75, 3.05) is 86.4 Å². The third-order valence-corrected chi connectivity index (χ3v) is 28.3. The highest BCUT2D eigenvalue weighted by molar-refractivity contribution is 7.88. The van der Waals surface area contributed by atoms with Crippen LogP contribution in [-0.4, -0.2) is 176 Å². The van der Waals surface area contributed by atoms with Crippen molar-refractivity contribution in [1.29, 1.82) is 0 Å². The van der Waals surface area contributed by atoms with Gasteiger partial charge in [-0.2, -0.15) is 63.5 Å². The van der Waals surface area contributed by atoms with Crippen molar-refractivity contribution in [3.63, 3.8) is 0 Å². The largest absolute Gasteiger partial charge is 0.744 e. The number of halogens is 1. The number of benzene rings is 9. The van der Waals surface area contributed by atoms with Crippen LogP contribution >= 0.6 is 0 Å². The average molecular weight is 2070 g/mol. The van der Waals surface area contributed by atoms with Gasteiger partial charge < -0.3 is 23.3 Å². The molecule has 0 spiro atoms. The zero-order chi connectivity index (χ0) is 103. The van der Waals surface area contributed by atoms with E-state index < -0.39 is 96.5 Å². The molecule has 2 heterocycles. The summed E-state index contributed by atoms with van der Waals surface area (Å²) in [5.41, 5.74) is 7.82. The van der Waals surface area contributed by atoms with E-state index in [1.807, 2.05) is 87.4 Å². The van der Waals surface area contributed by atoms with Crippen LogP contribution < -0.4 is 4.57 Å². The number of pyridine rings is 2.